The van der Waals surface area contributed by atoms with Gasteiger partial charge < -0.3 is 79.5 Å². The van der Waals surface area contributed by atoms with Crippen molar-refractivity contribution in [3.05, 3.63) is 95.6 Å². The number of primary amides is 1. The van der Waals surface area contributed by atoms with Gasteiger partial charge in [0.05, 0.1) is 32.2 Å². The van der Waals surface area contributed by atoms with E-state index in [2.05, 4.69) is 42.5 Å². The number of carbonyl (C=O) groups excluding carboxylic acids is 9. The number of aliphatic hydroxyl groups excluding tert-OH is 2. The van der Waals surface area contributed by atoms with Crippen LogP contribution >= 0.6 is 0 Å². The Labute approximate surface area is 400 Å². The minimum atomic E-state index is -1.75. The SMILES string of the molecule is C[C@H](NC(=O)[C@H](Cc1ccccc1)NC(=O)[C@@H](N)CO)C(=O)N[C@@H](CC(N)=O)C(=O)NCC(=O)N[C@@H](Cc1ccc(O)cc1)C(=O)NCC(=O)N[C@@H](Cc1ccc(O)cc1)C(=O)N[C@H](C(=O)O)[C@@H](C)O. The number of aromatic hydroxyl groups is 2. The van der Waals surface area contributed by atoms with Crippen LogP contribution in [0.1, 0.15) is 37.0 Å². The van der Waals surface area contributed by atoms with Crippen molar-refractivity contribution in [1.82, 2.24) is 42.5 Å². The van der Waals surface area contributed by atoms with Crippen LogP contribution in [0.15, 0.2) is 78.9 Å². The average molecular weight is 979 g/mol. The molecule has 3 aromatic rings. The molecule has 3 aromatic carbocycles. The molecule has 0 saturated carbocycles. The summed E-state index contributed by atoms with van der Waals surface area (Å²) in [5.41, 5.74) is 12.4. The fourth-order valence-corrected chi connectivity index (χ4v) is 6.38. The lowest BCUT2D eigenvalue weighted by Crippen LogP contribution is -2.58. The second kappa shape index (κ2) is 27.6. The lowest BCUT2D eigenvalue weighted by Gasteiger charge is -2.24. The van der Waals surface area contributed by atoms with Crippen molar-refractivity contribution < 1.29 is 73.5 Å². The third-order valence-electron chi connectivity index (χ3n) is 10.2. The molecule has 25 nitrogen and oxygen atoms in total. The van der Waals surface area contributed by atoms with Gasteiger partial charge in [-0.2, -0.15) is 0 Å². The van der Waals surface area contributed by atoms with Crippen LogP contribution in [-0.2, 0) is 67.2 Å². The summed E-state index contributed by atoms with van der Waals surface area (Å²) in [5, 5.41) is 66.7. The fraction of sp³-hybridized carbons (Fsp3) is 0.378. The molecule has 17 N–H and O–H groups in total. The first-order chi connectivity index (χ1) is 33.1. The number of carboxylic acid groups (broad SMARTS) is 1. The summed E-state index contributed by atoms with van der Waals surface area (Å²) in [4.78, 5) is 129. The summed E-state index contributed by atoms with van der Waals surface area (Å²) in [7, 11) is 0. The Balaban J connectivity index is 1.69. The topological polar surface area (TPSA) is 420 Å². The van der Waals surface area contributed by atoms with Gasteiger partial charge in [0.2, 0.25) is 53.2 Å². The van der Waals surface area contributed by atoms with Crippen LogP contribution in [0.25, 0.3) is 0 Å². The zero-order valence-corrected chi connectivity index (χ0v) is 38.0. The molecule has 9 amide bonds. The lowest BCUT2D eigenvalue weighted by molar-refractivity contribution is -0.145. The molecule has 0 unspecified atom stereocenters. The quantitative estimate of drug-likeness (QED) is 0.0340. The van der Waals surface area contributed by atoms with E-state index in [1.165, 1.54) is 55.5 Å². The first-order valence-corrected chi connectivity index (χ1v) is 21.6. The monoisotopic (exact) mass is 978 g/mol. The van der Waals surface area contributed by atoms with E-state index in [1.807, 2.05) is 0 Å². The molecular formula is C45H58N10O15. The van der Waals surface area contributed by atoms with E-state index in [1.54, 1.807) is 30.3 Å². The summed E-state index contributed by atoms with van der Waals surface area (Å²) in [6, 6.07) is 9.13. The number of carbonyl (C=O) groups is 10. The van der Waals surface area contributed by atoms with E-state index < -0.39 is 134 Å². The number of aliphatic carboxylic acids is 1. The third kappa shape index (κ3) is 19.2. The first kappa shape index (κ1) is 56.2. The molecule has 25 heteroatoms. The minimum absolute atomic E-state index is 0.0416. The van der Waals surface area contributed by atoms with E-state index in [-0.39, 0.29) is 30.8 Å². The number of nitrogens with one attached hydrogen (secondary N) is 8. The van der Waals surface area contributed by atoms with Crippen molar-refractivity contribution in [3.8, 4) is 11.5 Å². The number of hydrogen-bond donors (Lipinski definition) is 15. The summed E-state index contributed by atoms with van der Waals surface area (Å²) in [5.74, 6) is -10.4. The molecule has 378 valence electrons. The zero-order valence-electron chi connectivity index (χ0n) is 38.0. The van der Waals surface area contributed by atoms with Crippen LogP contribution in [0.3, 0.4) is 0 Å². The van der Waals surface area contributed by atoms with E-state index >= 15 is 0 Å². The van der Waals surface area contributed by atoms with Gasteiger partial charge in [0.15, 0.2) is 6.04 Å². The fourth-order valence-electron chi connectivity index (χ4n) is 6.38. The maximum atomic E-state index is 13.5. The zero-order chi connectivity index (χ0) is 52.1. The molecule has 0 spiro atoms. The van der Waals surface area contributed by atoms with Gasteiger partial charge in [0.1, 0.15) is 47.8 Å². The van der Waals surface area contributed by atoms with Gasteiger partial charge >= 0.3 is 5.97 Å². The number of rotatable bonds is 27. The number of aliphatic hydroxyl groups is 2. The largest absolute Gasteiger partial charge is 0.508 e. The predicted molar refractivity (Wildman–Crippen MR) is 245 cm³/mol. The van der Waals surface area contributed by atoms with Crippen molar-refractivity contribution in [2.75, 3.05) is 19.7 Å². The van der Waals surface area contributed by atoms with Crippen molar-refractivity contribution in [1.29, 1.82) is 0 Å². The molecule has 0 saturated heterocycles. The second-order valence-corrected chi connectivity index (χ2v) is 16.0. The van der Waals surface area contributed by atoms with Gasteiger partial charge in [-0.3, -0.25) is 43.2 Å². The van der Waals surface area contributed by atoms with Crippen LogP contribution in [0.5, 0.6) is 11.5 Å². The lowest BCUT2D eigenvalue weighted by atomic mass is 10.0. The number of benzene rings is 3. The maximum Gasteiger partial charge on any atom is 0.328 e. The Hall–Kier alpha value is -8.16. The van der Waals surface area contributed by atoms with Gasteiger partial charge in [-0.1, -0.05) is 54.6 Å². The highest BCUT2D eigenvalue weighted by Gasteiger charge is 2.32. The van der Waals surface area contributed by atoms with Crippen molar-refractivity contribution in [3.63, 3.8) is 0 Å². The highest BCUT2D eigenvalue weighted by Crippen LogP contribution is 2.13. The highest BCUT2D eigenvalue weighted by molar-refractivity contribution is 5.98. The molecule has 70 heavy (non-hydrogen) atoms. The highest BCUT2D eigenvalue weighted by atomic mass is 16.4. The number of amides is 9. The van der Waals surface area contributed by atoms with Crippen molar-refractivity contribution >= 4 is 59.1 Å². The minimum Gasteiger partial charge on any atom is -0.508 e. The van der Waals surface area contributed by atoms with Gasteiger partial charge in [-0.25, -0.2) is 4.79 Å². The number of phenols is 2. The van der Waals surface area contributed by atoms with Gasteiger partial charge in [0.25, 0.3) is 0 Å². The molecule has 0 fully saturated rings. The molecule has 3 rings (SSSR count). The number of phenolic OH excluding ortho intramolecular Hbond substituents is 2. The van der Waals surface area contributed by atoms with Crippen LogP contribution < -0.4 is 54.0 Å². The summed E-state index contributed by atoms with van der Waals surface area (Å²) < 4.78 is 0. The Morgan fingerprint density at radius 3 is 1.39 bits per heavy atom. The van der Waals surface area contributed by atoms with Crippen molar-refractivity contribution in [2.24, 2.45) is 11.5 Å². The normalized spacial score (nSPS) is 14.2. The van der Waals surface area contributed by atoms with E-state index in [0.717, 1.165) is 6.92 Å². The molecule has 0 radical (unpaired) electrons. The first-order valence-electron chi connectivity index (χ1n) is 21.6. The summed E-state index contributed by atoms with van der Waals surface area (Å²) in [6.07, 6.45) is -2.79. The molecule has 0 aliphatic rings. The molecular weight excluding hydrogens is 921 g/mol. The average Bonchev–Trinajstić information content (AvgIpc) is 3.31. The molecule has 0 heterocycles. The van der Waals surface area contributed by atoms with E-state index in [9.17, 15) is 73.5 Å². The Morgan fingerprint density at radius 2 is 0.943 bits per heavy atom. The number of nitrogens with two attached hydrogens (primary N) is 2. The second-order valence-electron chi connectivity index (χ2n) is 16.0. The standard InChI is InChI=1S/C45H58N10O15/c1-23(50-43(67)33(54-40(64)30(46)22-56)16-25-6-4-3-5-7-25)39(63)53-34(19-35(47)60)42(66)49-20-36(61)51-31(17-26-8-12-28(58)13-9-26)41(65)48-21-37(62)52-32(18-27-10-14-29(59)15-11-27)44(68)55-38(24(2)57)45(69)70/h3-15,23-24,30-34,38,56-59H,16-22,46H2,1-2H3,(H2,47,60)(H,48,65)(H,49,66)(H,50,67)(H,51,61)(H,52,62)(H,53,63)(H,54,64)(H,55,68)(H,69,70)/t23-,24+,30-,31-,32-,33-,34-,38-/m0/s1. The molecule has 0 aliphatic carbocycles. The Morgan fingerprint density at radius 1 is 0.529 bits per heavy atom. The molecule has 8 atom stereocenters. The maximum absolute atomic E-state index is 13.5. The number of carboxylic acids is 1. The van der Waals surface area contributed by atoms with Gasteiger partial charge in [-0.15, -0.1) is 0 Å². The molecule has 0 bridgehead atoms. The number of hydrogen-bond acceptors (Lipinski definition) is 15. The summed E-state index contributed by atoms with van der Waals surface area (Å²) >= 11 is 0. The predicted octanol–water partition coefficient (Wildman–Crippen LogP) is -5.05. The van der Waals surface area contributed by atoms with Gasteiger partial charge in [-0.05, 0) is 54.8 Å². The van der Waals surface area contributed by atoms with Crippen LogP contribution in [0.2, 0.25) is 0 Å². The molecule has 0 aromatic heterocycles. The van der Waals surface area contributed by atoms with Crippen LogP contribution in [-0.4, -0.2) is 153 Å². The van der Waals surface area contributed by atoms with Crippen LogP contribution in [0, 0.1) is 0 Å². The smallest absolute Gasteiger partial charge is 0.328 e. The Bertz CT molecular complexity index is 2320. The van der Waals surface area contributed by atoms with Gasteiger partial charge in [0, 0.05) is 19.3 Å². The summed E-state index contributed by atoms with van der Waals surface area (Å²) in [6.45, 7) is 0.0291. The van der Waals surface area contributed by atoms with E-state index in [0.29, 0.717) is 16.7 Å². The van der Waals surface area contributed by atoms with Crippen LogP contribution in [0.4, 0.5) is 0 Å². The van der Waals surface area contributed by atoms with E-state index in [4.69, 9.17) is 11.5 Å². The third-order valence-corrected chi connectivity index (χ3v) is 10.2. The molecule has 0 aliphatic heterocycles. The Kier molecular flexibility index (Phi) is 22.1. The van der Waals surface area contributed by atoms with Crippen molar-refractivity contribution in [2.45, 2.75) is 87.9 Å².